The van der Waals surface area contributed by atoms with Crippen LogP contribution in [0.3, 0.4) is 0 Å². The molecule has 0 aliphatic carbocycles. The molecule has 162 valence electrons. The molecule has 1 heterocycles. The van der Waals surface area contributed by atoms with Gasteiger partial charge in [-0.1, -0.05) is 57.5 Å². The van der Waals surface area contributed by atoms with Gasteiger partial charge < -0.3 is 15.4 Å². The topological polar surface area (TPSA) is 79.8 Å². The molecule has 0 aromatic heterocycles. The number of aryl methyl sites for hydroxylation is 1. The molecular weight excluding hydrogens is 478 g/mol. The van der Waals surface area contributed by atoms with Crippen LogP contribution >= 0.6 is 27.7 Å². The van der Waals surface area contributed by atoms with Gasteiger partial charge in [0.1, 0.15) is 6.04 Å². The number of allylic oxidation sites excluding steroid dienone is 1. The van der Waals surface area contributed by atoms with Crippen LogP contribution in [0.4, 0.5) is 5.69 Å². The van der Waals surface area contributed by atoms with Gasteiger partial charge in [0.15, 0.2) is 5.17 Å². The van der Waals surface area contributed by atoms with Crippen LogP contribution in [0, 0.1) is 6.92 Å². The Morgan fingerprint density at radius 1 is 1.19 bits per heavy atom. The number of hydrogen-bond acceptors (Lipinski definition) is 6. The third-order valence-corrected chi connectivity index (χ3v) is 5.93. The van der Waals surface area contributed by atoms with Crippen LogP contribution in [0.25, 0.3) is 0 Å². The van der Waals surface area contributed by atoms with E-state index in [0.29, 0.717) is 16.4 Å². The Morgan fingerprint density at radius 2 is 1.94 bits per heavy atom. The second-order valence-corrected chi connectivity index (χ2v) is 8.86. The van der Waals surface area contributed by atoms with Gasteiger partial charge in [-0.05, 0) is 50.6 Å². The summed E-state index contributed by atoms with van der Waals surface area (Å²) in [7, 11) is 0. The highest BCUT2D eigenvalue weighted by Crippen LogP contribution is 2.34. The minimum atomic E-state index is -0.513. The second kappa shape index (κ2) is 10.6. The van der Waals surface area contributed by atoms with Crippen molar-refractivity contribution >= 4 is 50.4 Å². The number of carbonyl (C=O) groups is 2. The van der Waals surface area contributed by atoms with Gasteiger partial charge in [-0.2, -0.15) is 0 Å². The van der Waals surface area contributed by atoms with E-state index in [0.717, 1.165) is 21.3 Å². The van der Waals surface area contributed by atoms with Crippen LogP contribution in [0.1, 0.15) is 31.0 Å². The summed E-state index contributed by atoms with van der Waals surface area (Å²) in [5, 5.41) is 6.60. The Labute approximate surface area is 194 Å². The van der Waals surface area contributed by atoms with Gasteiger partial charge in [0.2, 0.25) is 5.91 Å². The standard InChI is InChI=1S/C23H24BrN3O3S/c1-4-30-22(29)20-15(3)25-23(27-21(20)16-6-5-7-17(24)12-16)31-13-19(28)26-18-10-8-14(2)9-11-18/h5-12,21H,4,13H2,1-3H3,(H,25,27)(H,26,28)/t21-/m1/s1. The average Bonchev–Trinajstić information content (AvgIpc) is 2.73. The van der Waals surface area contributed by atoms with Crippen LogP contribution in [-0.2, 0) is 14.3 Å². The van der Waals surface area contributed by atoms with E-state index in [1.54, 1.807) is 6.92 Å². The zero-order valence-corrected chi connectivity index (χ0v) is 20.0. The molecule has 0 radical (unpaired) electrons. The Morgan fingerprint density at radius 3 is 2.61 bits per heavy atom. The minimum Gasteiger partial charge on any atom is -0.463 e. The molecule has 0 bridgehead atoms. The zero-order chi connectivity index (χ0) is 22.4. The molecular formula is C23H24BrN3O3S. The van der Waals surface area contributed by atoms with E-state index in [4.69, 9.17) is 9.73 Å². The molecule has 0 spiro atoms. The number of thioether (sulfide) groups is 1. The van der Waals surface area contributed by atoms with Crippen LogP contribution in [0.15, 0.2) is 69.3 Å². The van der Waals surface area contributed by atoms with Gasteiger partial charge >= 0.3 is 5.97 Å². The smallest absolute Gasteiger partial charge is 0.338 e. The lowest BCUT2D eigenvalue weighted by atomic mass is 9.97. The summed E-state index contributed by atoms with van der Waals surface area (Å²) >= 11 is 4.77. The molecule has 2 aromatic rings. The number of amidine groups is 1. The van der Waals surface area contributed by atoms with Crippen molar-refractivity contribution in [2.45, 2.75) is 26.8 Å². The van der Waals surface area contributed by atoms with Crippen molar-refractivity contribution in [3.63, 3.8) is 0 Å². The van der Waals surface area contributed by atoms with E-state index in [1.165, 1.54) is 11.8 Å². The van der Waals surface area contributed by atoms with Crippen molar-refractivity contribution in [2.75, 3.05) is 17.7 Å². The lowest BCUT2D eigenvalue weighted by Gasteiger charge is -2.25. The maximum absolute atomic E-state index is 12.6. The molecule has 31 heavy (non-hydrogen) atoms. The summed E-state index contributed by atoms with van der Waals surface area (Å²) in [6.07, 6.45) is 0. The minimum absolute atomic E-state index is 0.129. The number of nitrogens with zero attached hydrogens (tertiary/aromatic N) is 1. The summed E-state index contributed by atoms with van der Waals surface area (Å²) in [5.41, 5.74) is 3.88. The lowest BCUT2D eigenvalue weighted by molar-refractivity contribution is -0.139. The van der Waals surface area contributed by atoms with E-state index < -0.39 is 12.0 Å². The summed E-state index contributed by atoms with van der Waals surface area (Å²) in [6, 6.07) is 14.8. The molecule has 0 saturated heterocycles. The highest BCUT2D eigenvalue weighted by Gasteiger charge is 2.30. The third kappa shape index (κ3) is 6.21. The van der Waals surface area contributed by atoms with Gasteiger partial charge in [-0.25, -0.2) is 9.79 Å². The molecule has 1 atom stereocenters. The molecule has 8 heteroatoms. The first kappa shape index (κ1) is 23.1. The first-order valence-corrected chi connectivity index (χ1v) is 11.6. The average molecular weight is 502 g/mol. The zero-order valence-electron chi connectivity index (χ0n) is 17.6. The molecule has 2 aromatic carbocycles. The molecule has 0 fully saturated rings. The number of aliphatic imine (C=N–C) groups is 1. The number of halogens is 1. The number of esters is 1. The van der Waals surface area contributed by atoms with Crippen molar-refractivity contribution in [3.05, 3.63) is 75.4 Å². The molecule has 1 amide bonds. The Kier molecular flexibility index (Phi) is 7.92. The molecule has 3 rings (SSSR count). The Hall–Kier alpha value is -2.58. The van der Waals surface area contributed by atoms with Crippen molar-refractivity contribution in [1.29, 1.82) is 0 Å². The van der Waals surface area contributed by atoms with Gasteiger partial charge in [-0.3, -0.25) is 4.79 Å². The second-order valence-electron chi connectivity index (χ2n) is 6.98. The fraction of sp³-hybridized carbons (Fsp3) is 0.261. The van der Waals surface area contributed by atoms with Crippen molar-refractivity contribution in [3.8, 4) is 0 Å². The van der Waals surface area contributed by atoms with Crippen LogP contribution in [-0.4, -0.2) is 29.4 Å². The van der Waals surface area contributed by atoms with Crippen LogP contribution < -0.4 is 10.6 Å². The molecule has 0 saturated carbocycles. The SMILES string of the molecule is CCOC(=O)C1=C(C)NC(SCC(=O)Nc2ccc(C)cc2)=N[C@@H]1c1cccc(Br)c1. The monoisotopic (exact) mass is 501 g/mol. The van der Waals surface area contributed by atoms with Gasteiger partial charge in [0, 0.05) is 15.9 Å². The predicted octanol–water partition coefficient (Wildman–Crippen LogP) is 4.97. The third-order valence-electron chi connectivity index (χ3n) is 4.55. The number of amides is 1. The van der Waals surface area contributed by atoms with Crippen molar-refractivity contribution < 1.29 is 14.3 Å². The Balaban J connectivity index is 1.76. The summed E-state index contributed by atoms with van der Waals surface area (Å²) in [5.74, 6) is -0.343. The predicted molar refractivity (Wildman–Crippen MR) is 129 cm³/mol. The first-order valence-electron chi connectivity index (χ1n) is 9.85. The highest BCUT2D eigenvalue weighted by atomic mass is 79.9. The quantitative estimate of drug-likeness (QED) is 0.546. The van der Waals surface area contributed by atoms with Crippen molar-refractivity contribution in [2.24, 2.45) is 4.99 Å². The number of carbonyl (C=O) groups excluding carboxylic acids is 2. The molecule has 2 N–H and O–H groups in total. The molecule has 0 unspecified atom stereocenters. The number of hydrogen-bond donors (Lipinski definition) is 2. The number of benzene rings is 2. The van der Waals surface area contributed by atoms with Gasteiger partial charge in [0.05, 0.1) is 17.9 Å². The summed E-state index contributed by atoms with van der Waals surface area (Å²) in [4.78, 5) is 29.7. The maximum atomic E-state index is 12.6. The highest BCUT2D eigenvalue weighted by molar-refractivity contribution is 9.10. The van der Waals surface area contributed by atoms with Crippen LogP contribution in [0.5, 0.6) is 0 Å². The number of nitrogens with one attached hydrogen (secondary N) is 2. The molecule has 1 aliphatic heterocycles. The fourth-order valence-corrected chi connectivity index (χ4v) is 4.24. The van der Waals surface area contributed by atoms with E-state index in [2.05, 4.69) is 26.6 Å². The molecule has 6 nitrogen and oxygen atoms in total. The fourth-order valence-electron chi connectivity index (χ4n) is 3.08. The number of ether oxygens (including phenoxy) is 1. The van der Waals surface area contributed by atoms with Crippen molar-refractivity contribution in [1.82, 2.24) is 5.32 Å². The number of rotatable bonds is 6. The number of anilines is 1. The normalized spacial score (nSPS) is 15.7. The summed E-state index contributed by atoms with van der Waals surface area (Å²) < 4.78 is 6.15. The van der Waals surface area contributed by atoms with Crippen LogP contribution in [0.2, 0.25) is 0 Å². The maximum Gasteiger partial charge on any atom is 0.338 e. The Bertz CT molecular complexity index is 1030. The van der Waals surface area contributed by atoms with E-state index in [1.807, 2.05) is 62.4 Å². The molecule has 1 aliphatic rings. The van der Waals surface area contributed by atoms with Gasteiger partial charge in [-0.15, -0.1) is 0 Å². The largest absolute Gasteiger partial charge is 0.463 e. The van der Waals surface area contributed by atoms with E-state index >= 15 is 0 Å². The van der Waals surface area contributed by atoms with E-state index in [-0.39, 0.29) is 18.3 Å². The summed E-state index contributed by atoms with van der Waals surface area (Å²) in [6.45, 7) is 5.87. The van der Waals surface area contributed by atoms with Gasteiger partial charge in [0.25, 0.3) is 0 Å². The first-order chi connectivity index (χ1) is 14.9. The lowest BCUT2D eigenvalue weighted by Crippen LogP contribution is -2.31. The van der Waals surface area contributed by atoms with E-state index in [9.17, 15) is 9.59 Å².